The van der Waals surface area contributed by atoms with Crippen LogP contribution in [0.25, 0.3) is 0 Å². The number of hydrogen-bond acceptors (Lipinski definition) is 6. The molecule has 21 heavy (non-hydrogen) atoms. The number of rotatable bonds is 7. The number of nitrogen functional groups attached to an aromatic ring is 1. The molecule has 0 bridgehead atoms. The van der Waals surface area contributed by atoms with Gasteiger partial charge in [-0.3, -0.25) is 4.79 Å². The molecule has 0 aliphatic rings. The molecule has 0 unspecified atom stereocenters. The van der Waals surface area contributed by atoms with E-state index in [0.29, 0.717) is 30.0 Å². The molecule has 0 spiro atoms. The van der Waals surface area contributed by atoms with Crippen LogP contribution in [0.2, 0.25) is 0 Å². The normalized spacial score (nSPS) is 11.6. The Hall–Kier alpha value is -2.28. The van der Waals surface area contributed by atoms with Gasteiger partial charge in [-0.2, -0.15) is 0 Å². The van der Waals surface area contributed by atoms with Crippen molar-refractivity contribution >= 4 is 17.6 Å². The third kappa shape index (κ3) is 4.64. The van der Waals surface area contributed by atoms with E-state index >= 15 is 0 Å². The van der Waals surface area contributed by atoms with E-state index in [1.165, 1.54) is 27.4 Å². The second-order valence-corrected chi connectivity index (χ2v) is 4.29. The molecule has 7 heteroatoms. The maximum Gasteiger partial charge on any atom is 0.328 e. The van der Waals surface area contributed by atoms with Gasteiger partial charge in [-0.1, -0.05) is 0 Å². The largest absolute Gasteiger partial charge is 0.495 e. The molecule has 0 radical (unpaired) electrons. The summed E-state index contributed by atoms with van der Waals surface area (Å²) in [4.78, 5) is 23.8. The third-order valence-electron chi connectivity index (χ3n) is 2.90. The summed E-state index contributed by atoms with van der Waals surface area (Å²) in [5.41, 5.74) is 6.46. The number of carbonyl (C=O) groups excluding carboxylic acids is 2. The second-order valence-electron chi connectivity index (χ2n) is 4.29. The lowest BCUT2D eigenvalue weighted by Crippen LogP contribution is -2.42. The standard InChI is InChI=1S/C14H20N2O5/c1-19-7-6-11(14(18)21-3)16-13(17)9-4-5-10(15)12(8-9)20-2/h4-5,8,11H,6-7,15H2,1-3H3,(H,16,17)/t11-/m0/s1. The number of hydrogen-bond donors (Lipinski definition) is 2. The van der Waals surface area contributed by atoms with Gasteiger partial charge in [0, 0.05) is 25.7 Å². The summed E-state index contributed by atoms with van der Waals surface area (Å²) in [7, 11) is 4.24. The predicted molar refractivity (Wildman–Crippen MR) is 77.2 cm³/mol. The van der Waals surface area contributed by atoms with Crippen LogP contribution in [0.5, 0.6) is 5.75 Å². The Bertz CT molecular complexity index is 504. The van der Waals surface area contributed by atoms with Crippen molar-refractivity contribution in [2.75, 3.05) is 33.7 Å². The van der Waals surface area contributed by atoms with E-state index in [4.69, 9.17) is 15.2 Å². The number of amides is 1. The van der Waals surface area contributed by atoms with Crippen LogP contribution in [0.4, 0.5) is 5.69 Å². The molecular formula is C14H20N2O5. The highest BCUT2D eigenvalue weighted by Gasteiger charge is 2.22. The molecule has 0 aliphatic heterocycles. The van der Waals surface area contributed by atoms with Crippen molar-refractivity contribution in [2.45, 2.75) is 12.5 Å². The molecule has 1 aromatic carbocycles. The van der Waals surface area contributed by atoms with Gasteiger partial charge in [-0.25, -0.2) is 4.79 Å². The number of anilines is 1. The summed E-state index contributed by atoms with van der Waals surface area (Å²) in [5, 5.41) is 2.60. The number of carbonyl (C=O) groups is 2. The van der Waals surface area contributed by atoms with Gasteiger partial charge in [-0.15, -0.1) is 0 Å². The summed E-state index contributed by atoms with van der Waals surface area (Å²) in [5.74, 6) is -0.545. The van der Waals surface area contributed by atoms with Crippen LogP contribution in [-0.2, 0) is 14.3 Å². The molecular weight excluding hydrogens is 276 g/mol. The summed E-state index contributed by atoms with van der Waals surface area (Å²) < 4.78 is 14.6. The monoisotopic (exact) mass is 296 g/mol. The predicted octanol–water partition coefficient (Wildman–Crippen LogP) is 0.585. The smallest absolute Gasteiger partial charge is 0.328 e. The lowest BCUT2D eigenvalue weighted by Gasteiger charge is -2.16. The van der Waals surface area contributed by atoms with E-state index in [1.807, 2.05) is 0 Å². The third-order valence-corrected chi connectivity index (χ3v) is 2.90. The molecule has 0 saturated heterocycles. The molecule has 0 heterocycles. The Balaban J connectivity index is 2.83. The summed E-state index contributed by atoms with van der Waals surface area (Å²) in [6.07, 6.45) is 0.320. The molecule has 1 amide bonds. The lowest BCUT2D eigenvalue weighted by molar-refractivity contribution is -0.143. The minimum atomic E-state index is -0.772. The maximum atomic E-state index is 12.2. The van der Waals surface area contributed by atoms with Crippen LogP contribution < -0.4 is 15.8 Å². The van der Waals surface area contributed by atoms with Crippen molar-refractivity contribution in [3.8, 4) is 5.75 Å². The average molecular weight is 296 g/mol. The van der Waals surface area contributed by atoms with Gasteiger partial charge >= 0.3 is 5.97 Å². The molecule has 0 fully saturated rings. The molecule has 0 saturated carbocycles. The maximum absolute atomic E-state index is 12.2. The van der Waals surface area contributed by atoms with Crippen molar-refractivity contribution < 1.29 is 23.8 Å². The van der Waals surface area contributed by atoms with Gasteiger partial charge in [-0.05, 0) is 18.2 Å². The Kier molecular flexibility index (Phi) is 6.48. The highest BCUT2D eigenvalue weighted by atomic mass is 16.5. The van der Waals surface area contributed by atoms with E-state index < -0.39 is 17.9 Å². The van der Waals surface area contributed by atoms with Crippen LogP contribution in [0.3, 0.4) is 0 Å². The molecule has 1 aromatic rings. The molecule has 1 rings (SSSR count). The van der Waals surface area contributed by atoms with Crippen LogP contribution in [0.15, 0.2) is 18.2 Å². The van der Waals surface area contributed by atoms with E-state index in [1.54, 1.807) is 12.1 Å². The second kappa shape index (κ2) is 8.11. The zero-order valence-electron chi connectivity index (χ0n) is 12.3. The van der Waals surface area contributed by atoms with Crippen molar-refractivity contribution in [3.63, 3.8) is 0 Å². The van der Waals surface area contributed by atoms with Crippen LogP contribution in [0, 0.1) is 0 Å². The number of ether oxygens (including phenoxy) is 3. The van der Waals surface area contributed by atoms with Gasteiger partial charge in [0.25, 0.3) is 5.91 Å². The van der Waals surface area contributed by atoms with E-state index in [2.05, 4.69) is 10.1 Å². The number of nitrogens with two attached hydrogens (primary N) is 1. The Morgan fingerprint density at radius 3 is 2.57 bits per heavy atom. The van der Waals surface area contributed by atoms with Crippen molar-refractivity contribution in [3.05, 3.63) is 23.8 Å². The highest BCUT2D eigenvalue weighted by Crippen LogP contribution is 2.22. The molecule has 116 valence electrons. The number of benzene rings is 1. The zero-order valence-corrected chi connectivity index (χ0v) is 12.3. The SMILES string of the molecule is COCC[C@H](NC(=O)c1ccc(N)c(OC)c1)C(=O)OC. The van der Waals surface area contributed by atoms with Gasteiger partial charge in [0.2, 0.25) is 0 Å². The molecule has 3 N–H and O–H groups in total. The topological polar surface area (TPSA) is 99.9 Å². The van der Waals surface area contributed by atoms with Crippen molar-refractivity contribution in [1.29, 1.82) is 0 Å². The molecule has 1 atom stereocenters. The quantitative estimate of drug-likeness (QED) is 0.564. The Labute approximate surface area is 123 Å². The lowest BCUT2D eigenvalue weighted by atomic mass is 10.1. The summed E-state index contributed by atoms with van der Waals surface area (Å²) in [6.45, 7) is 0.325. The first kappa shape index (κ1) is 16.8. The number of methoxy groups -OCH3 is 3. The average Bonchev–Trinajstić information content (AvgIpc) is 2.50. The number of nitrogens with one attached hydrogen (secondary N) is 1. The van der Waals surface area contributed by atoms with Gasteiger partial charge < -0.3 is 25.3 Å². The zero-order chi connectivity index (χ0) is 15.8. The fourth-order valence-corrected chi connectivity index (χ4v) is 1.72. The Morgan fingerprint density at radius 2 is 2.00 bits per heavy atom. The molecule has 0 aromatic heterocycles. The van der Waals surface area contributed by atoms with Gasteiger partial charge in [0.05, 0.1) is 19.9 Å². The summed E-state index contributed by atoms with van der Waals surface area (Å²) in [6, 6.07) is 3.86. The highest BCUT2D eigenvalue weighted by molar-refractivity contribution is 5.97. The Morgan fingerprint density at radius 1 is 1.29 bits per heavy atom. The fraction of sp³-hybridized carbons (Fsp3) is 0.429. The first-order valence-corrected chi connectivity index (χ1v) is 6.34. The van der Waals surface area contributed by atoms with E-state index in [0.717, 1.165) is 0 Å². The first-order chi connectivity index (χ1) is 10.0. The van der Waals surface area contributed by atoms with Crippen LogP contribution >= 0.6 is 0 Å². The van der Waals surface area contributed by atoms with Crippen LogP contribution in [0.1, 0.15) is 16.8 Å². The van der Waals surface area contributed by atoms with Crippen LogP contribution in [-0.4, -0.2) is 45.9 Å². The van der Waals surface area contributed by atoms with Gasteiger partial charge in [0.1, 0.15) is 11.8 Å². The van der Waals surface area contributed by atoms with Crippen molar-refractivity contribution in [2.24, 2.45) is 0 Å². The summed E-state index contributed by atoms with van der Waals surface area (Å²) >= 11 is 0. The first-order valence-electron chi connectivity index (χ1n) is 6.34. The van der Waals surface area contributed by atoms with Gasteiger partial charge in [0.15, 0.2) is 0 Å². The van der Waals surface area contributed by atoms with E-state index in [-0.39, 0.29) is 0 Å². The van der Waals surface area contributed by atoms with E-state index in [9.17, 15) is 9.59 Å². The molecule has 7 nitrogen and oxygen atoms in total. The minimum absolute atomic E-state index is 0.320. The number of esters is 1. The molecule has 0 aliphatic carbocycles. The minimum Gasteiger partial charge on any atom is -0.495 e. The van der Waals surface area contributed by atoms with Crippen molar-refractivity contribution in [1.82, 2.24) is 5.32 Å². The fourth-order valence-electron chi connectivity index (χ4n) is 1.72.